The first-order valence-electron chi connectivity index (χ1n) is 7.53. The Kier molecular flexibility index (Phi) is 3.21. The van der Waals surface area contributed by atoms with Crippen molar-refractivity contribution in [3.05, 3.63) is 29.4 Å². The third-order valence-electron chi connectivity index (χ3n) is 3.87. The van der Waals surface area contributed by atoms with Gasteiger partial charge in [-0.15, -0.1) is 0 Å². The van der Waals surface area contributed by atoms with Crippen molar-refractivity contribution in [3.63, 3.8) is 0 Å². The molecule has 0 spiro atoms. The molecule has 0 fully saturated rings. The molecule has 0 saturated heterocycles. The molecule has 4 rings (SSSR count). The summed E-state index contributed by atoms with van der Waals surface area (Å²) >= 11 is 0. The Morgan fingerprint density at radius 3 is 3.18 bits per heavy atom. The molecule has 3 aromatic heterocycles. The average Bonchev–Trinajstić information content (AvgIpc) is 3.26. The fourth-order valence-corrected chi connectivity index (χ4v) is 2.80. The van der Waals surface area contributed by atoms with Crippen molar-refractivity contribution in [2.45, 2.75) is 44.9 Å². The van der Waals surface area contributed by atoms with E-state index in [0.29, 0.717) is 23.3 Å². The molecule has 0 aromatic carbocycles. The lowest BCUT2D eigenvalue weighted by molar-refractivity contribution is 0.352. The maximum atomic E-state index is 5.43. The largest absolute Gasteiger partial charge is 0.448 e. The Bertz CT molecular complexity index is 774. The molecule has 0 bridgehead atoms. The molecule has 0 saturated carbocycles. The number of aromatic amines is 1. The Balaban J connectivity index is 1.62. The van der Waals surface area contributed by atoms with Gasteiger partial charge in [0, 0.05) is 6.42 Å². The van der Waals surface area contributed by atoms with E-state index in [2.05, 4.69) is 37.5 Å². The van der Waals surface area contributed by atoms with Crippen molar-refractivity contribution in [1.29, 1.82) is 0 Å². The highest BCUT2D eigenvalue weighted by Gasteiger charge is 2.30. The molecule has 8 heteroatoms. The molecule has 3 aromatic rings. The summed E-state index contributed by atoms with van der Waals surface area (Å²) in [5.41, 5.74) is 2.51. The SMILES string of the molecule is CCCc1nc(-c2noc(C3CCCc4n[nH]nc43)n2)co1. The molecular formula is C14H16N6O2. The van der Waals surface area contributed by atoms with Crippen LogP contribution in [0.1, 0.15) is 55.3 Å². The van der Waals surface area contributed by atoms with Crippen LogP contribution in [0.2, 0.25) is 0 Å². The van der Waals surface area contributed by atoms with Gasteiger partial charge in [-0.05, 0) is 25.7 Å². The summed E-state index contributed by atoms with van der Waals surface area (Å²) in [4.78, 5) is 8.85. The number of nitrogens with zero attached hydrogens (tertiary/aromatic N) is 5. The Morgan fingerprint density at radius 1 is 1.32 bits per heavy atom. The molecule has 114 valence electrons. The first kappa shape index (κ1) is 13.2. The second-order valence-corrected chi connectivity index (χ2v) is 5.43. The molecule has 0 aliphatic heterocycles. The molecule has 1 atom stereocenters. The minimum atomic E-state index is 0.00534. The van der Waals surface area contributed by atoms with E-state index < -0.39 is 0 Å². The van der Waals surface area contributed by atoms with Crippen molar-refractivity contribution >= 4 is 0 Å². The lowest BCUT2D eigenvalue weighted by Gasteiger charge is -2.15. The van der Waals surface area contributed by atoms with Crippen molar-refractivity contribution in [2.24, 2.45) is 0 Å². The van der Waals surface area contributed by atoms with Crippen LogP contribution in [0, 0.1) is 0 Å². The van der Waals surface area contributed by atoms with E-state index in [1.807, 2.05) is 0 Å². The second kappa shape index (κ2) is 5.36. The summed E-state index contributed by atoms with van der Waals surface area (Å²) < 4.78 is 10.8. The van der Waals surface area contributed by atoms with Gasteiger partial charge < -0.3 is 8.94 Å². The van der Waals surface area contributed by atoms with Crippen LogP contribution in [-0.4, -0.2) is 30.5 Å². The van der Waals surface area contributed by atoms with Crippen LogP contribution in [0.15, 0.2) is 15.2 Å². The number of hydrogen-bond acceptors (Lipinski definition) is 7. The lowest BCUT2D eigenvalue weighted by Crippen LogP contribution is -2.11. The quantitative estimate of drug-likeness (QED) is 0.787. The normalized spacial score (nSPS) is 17.6. The van der Waals surface area contributed by atoms with Gasteiger partial charge in [0.25, 0.3) is 0 Å². The molecule has 0 radical (unpaired) electrons. The van der Waals surface area contributed by atoms with Gasteiger partial charge in [0.05, 0.1) is 17.3 Å². The van der Waals surface area contributed by atoms with Crippen LogP contribution >= 0.6 is 0 Å². The van der Waals surface area contributed by atoms with Crippen molar-refractivity contribution in [1.82, 2.24) is 30.5 Å². The van der Waals surface area contributed by atoms with Crippen LogP contribution in [0.3, 0.4) is 0 Å². The number of rotatable bonds is 4. The van der Waals surface area contributed by atoms with E-state index in [1.54, 1.807) is 6.26 Å². The monoisotopic (exact) mass is 300 g/mol. The van der Waals surface area contributed by atoms with Crippen LogP contribution in [-0.2, 0) is 12.8 Å². The van der Waals surface area contributed by atoms with Crippen molar-refractivity contribution in [3.8, 4) is 11.5 Å². The van der Waals surface area contributed by atoms with Gasteiger partial charge in [-0.25, -0.2) is 4.98 Å². The minimum absolute atomic E-state index is 0.00534. The fourth-order valence-electron chi connectivity index (χ4n) is 2.80. The molecule has 1 aliphatic rings. The van der Waals surface area contributed by atoms with E-state index in [0.717, 1.165) is 43.5 Å². The highest BCUT2D eigenvalue weighted by atomic mass is 16.5. The number of aryl methyl sites for hydroxylation is 2. The van der Waals surface area contributed by atoms with Crippen LogP contribution in [0.25, 0.3) is 11.5 Å². The number of oxazole rings is 1. The predicted octanol–water partition coefficient (Wildman–Crippen LogP) is 2.26. The summed E-state index contributed by atoms with van der Waals surface area (Å²) in [7, 11) is 0. The second-order valence-electron chi connectivity index (χ2n) is 5.43. The zero-order valence-electron chi connectivity index (χ0n) is 12.2. The third kappa shape index (κ3) is 2.20. The molecule has 8 nitrogen and oxygen atoms in total. The van der Waals surface area contributed by atoms with Crippen molar-refractivity contribution in [2.75, 3.05) is 0 Å². The molecule has 1 unspecified atom stereocenters. The zero-order chi connectivity index (χ0) is 14.9. The standard InChI is InChI=1S/C14H16N6O2/c1-2-4-11-15-10(7-21-11)13-16-14(22-19-13)8-5-3-6-9-12(8)18-20-17-9/h7-8H,2-6H2,1H3,(H,17,18,20). The van der Waals surface area contributed by atoms with Gasteiger partial charge in [-0.3, -0.25) is 0 Å². The number of hydrogen-bond donors (Lipinski definition) is 1. The molecule has 0 amide bonds. The molecule has 1 N–H and O–H groups in total. The van der Waals surface area contributed by atoms with E-state index in [9.17, 15) is 0 Å². The van der Waals surface area contributed by atoms with E-state index in [4.69, 9.17) is 8.94 Å². The maximum Gasteiger partial charge on any atom is 0.236 e. The first-order valence-corrected chi connectivity index (χ1v) is 7.53. The maximum absolute atomic E-state index is 5.43. The summed E-state index contributed by atoms with van der Waals surface area (Å²) in [5.74, 6) is 1.72. The molecule has 1 aliphatic carbocycles. The van der Waals surface area contributed by atoms with Crippen LogP contribution in [0.5, 0.6) is 0 Å². The third-order valence-corrected chi connectivity index (χ3v) is 3.87. The van der Waals surface area contributed by atoms with Crippen LogP contribution in [0.4, 0.5) is 0 Å². The van der Waals surface area contributed by atoms with Crippen LogP contribution < -0.4 is 0 Å². The average molecular weight is 300 g/mol. The molecule has 3 heterocycles. The summed E-state index contributed by atoms with van der Waals surface area (Å²) in [5, 5.41) is 15.1. The van der Waals surface area contributed by atoms with E-state index in [-0.39, 0.29) is 5.92 Å². The summed E-state index contributed by atoms with van der Waals surface area (Å²) in [6.45, 7) is 2.08. The Morgan fingerprint density at radius 2 is 2.27 bits per heavy atom. The smallest absolute Gasteiger partial charge is 0.236 e. The predicted molar refractivity (Wildman–Crippen MR) is 75.0 cm³/mol. The van der Waals surface area contributed by atoms with E-state index in [1.165, 1.54) is 0 Å². The first-order chi connectivity index (χ1) is 10.8. The zero-order valence-corrected chi connectivity index (χ0v) is 12.2. The number of nitrogens with one attached hydrogen (secondary N) is 1. The Labute approximate surface area is 126 Å². The number of aromatic nitrogens is 6. The highest BCUT2D eigenvalue weighted by Crippen LogP contribution is 2.34. The van der Waals surface area contributed by atoms with Gasteiger partial charge >= 0.3 is 0 Å². The van der Waals surface area contributed by atoms with Crippen molar-refractivity contribution < 1.29 is 8.94 Å². The van der Waals surface area contributed by atoms with Gasteiger partial charge in [0.15, 0.2) is 5.89 Å². The topological polar surface area (TPSA) is 107 Å². The van der Waals surface area contributed by atoms with Gasteiger partial charge in [-0.2, -0.15) is 20.4 Å². The van der Waals surface area contributed by atoms with Gasteiger partial charge in [-0.1, -0.05) is 12.1 Å². The highest BCUT2D eigenvalue weighted by molar-refractivity contribution is 5.46. The van der Waals surface area contributed by atoms with E-state index >= 15 is 0 Å². The minimum Gasteiger partial charge on any atom is -0.448 e. The fraction of sp³-hybridized carbons (Fsp3) is 0.500. The Hall–Kier alpha value is -2.51. The lowest BCUT2D eigenvalue weighted by atomic mass is 9.90. The van der Waals surface area contributed by atoms with Gasteiger partial charge in [0.1, 0.15) is 12.0 Å². The summed E-state index contributed by atoms with van der Waals surface area (Å²) in [6, 6.07) is 0. The number of H-pyrrole nitrogens is 1. The number of fused-ring (bicyclic) bond motifs is 1. The summed E-state index contributed by atoms with van der Waals surface area (Å²) in [6.07, 6.45) is 6.26. The molecular weight excluding hydrogens is 284 g/mol. The molecule has 22 heavy (non-hydrogen) atoms. The van der Waals surface area contributed by atoms with Gasteiger partial charge in [0.2, 0.25) is 11.7 Å².